The molecule has 0 bridgehead atoms. The van der Waals surface area contributed by atoms with Gasteiger partial charge in [-0.05, 0) is 24.5 Å². The maximum Gasteiger partial charge on any atom is 0.243 e. The molecular formula is C16H20N2O. The lowest BCUT2D eigenvalue weighted by Crippen LogP contribution is -2.28. The number of nitrogens with zero attached hydrogens (tertiary/aromatic N) is 1. The van der Waals surface area contributed by atoms with Crippen LogP contribution in [0.3, 0.4) is 0 Å². The quantitative estimate of drug-likeness (QED) is 0.651. The van der Waals surface area contributed by atoms with Crippen molar-refractivity contribution < 1.29 is 4.79 Å². The van der Waals surface area contributed by atoms with Crippen molar-refractivity contribution in [2.24, 2.45) is 11.0 Å². The number of rotatable bonds is 4. The van der Waals surface area contributed by atoms with Gasteiger partial charge in [0.25, 0.3) is 0 Å². The van der Waals surface area contributed by atoms with E-state index < -0.39 is 0 Å². The van der Waals surface area contributed by atoms with Gasteiger partial charge in [0.05, 0.1) is 0 Å². The lowest BCUT2D eigenvalue weighted by atomic mass is 9.89. The zero-order valence-corrected chi connectivity index (χ0v) is 11.1. The van der Waals surface area contributed by atoms with E-state index in [0.29, 0.717) is 0 Å². The molecule has 2 rings (SSSR count). The molecule has 3 heteroatoms. The number of nitrogens with one attached hydrogen (secondary N) is 1. The van der Waals surface area contributed by atoms with Crippen LogP contribution < -0.4 is 5.43 Å². The lowest BCUT2D eigenvalue weighted by Gasteiger charge is -2.19. The van der Waals surface area contributed by atoms with Gasteiger partial charge in [0.15, 0.2) is 0 Å². The number of hydrazone groups is 1. The van der Waals surface area contributed by atoms with Crippen LogP contribution in [0.5, 0.6) is 0 Å². The highest BCUT2D eigenvalue weighted by Crippen LogP contribution is 2.23. The molecule has 1 N–H and O–H groups in total. The fraction of sp³-hybridized carbons (Fsp3) is 0.375. The summed E-state index contributed by atoms with van der Waals surface area (Å²) in [5.41, 5.74) is 3.74. The number of hydrogen-bond donors (Lipinski definition) is 1. The van der Waals surface area contributed by atoms with Crippen LogP contribution in [-0.2, 0) is 4.79 Å². The van der Waals surface area contributed by atoms with Gasteiger partial charge in [-0.25, -0.2) is 5.43 Å². The molecule has 19 heavy (non-hydrogen) atoms. The van der Waals surface area contributed by atoms with Crippen LogP contribution in [0, 0.1) is 5.92 Å². The summed E-state index contributed by atoms with van der Waals surface area (Å²) in [6.07, 6.45) is 11.0. The Morgan fingerprint density at radius 2 is 1.89 bits per heavy atom. The van der Waals surface area contributed by atoms with Gasteiger partial charge < -0.3 is 0 Å². The molecule has 0 saturated heterocycles. The average molecular weight is 256 g/mol. The highest BCUT2D eigenvalue weighted by atomic mass is 16.2. The van der Waals surface area contributed by atoms with E-state index in [-0.39, 0.29) is 11.8 Å². The maximum atomic E-state index is 11.8. The molecule has 1 fully saturated rings. The second kappa shape index (κ2) is 7.52. The molecule has 0 unspecified atom stereocenters. The number of allylic oxidation sites excluding steroid dienone is 1. The van der Waals surface area contributed by atoms with E-state index in [1.807, 2.05) is 42.5 Å². The molecule has 0 aromatic heterocycles. The van der Waals surface area contributed by atoms with Crippen molar-refractivity contribution in [3.63, 3.8) is 0 Å². The molecule has 1 aliphatic rings. The molecular weight excluding hydrogens is 236 g/mol. The minimum absolute atomic E-state index is 0.0593. The third-order valence-corrected chi connectivity index (χ3v) is 3.40. The van der Waals surface area contributed by atoms with Crippen molar-refractivity contribution in [1.82, 2.24) is 5.43 Å². The fourth-order valence-electron chi connectivity index (χ4n) is 2.32. The fourth-order valence-corrected chi connectivity index (χ4v) is 2.32. The van der Waals surface area contributed by atoms with Gasteiger partial charge in [0.1, 0.15) is 0 Å². The molecule has 3 nitrogen and oxygen atoms in total. The van der Waals surface area contributed by atoms with Crippen molar-refractivity contribution in [3.8, 4) is 0 Å². The minimum atomic E-state index is 0.0593. The number of carbonyl (C=O) groups is 1. The predicted octanol–water partition coefficient (Wildman–Crippen LogP) is 3.38. The van der Waals surface area contributed by atoms with Crippen molar-refractivity contribution in [3.05, 3.63) is 42.0 Å². The van der Waals surface area contributed by atoms with E-state index in [4.69, 9.17) is 0 Å². The smallest absolute Gasteiger partial charge is 0.243 e. The highest BCUT2D eigenvalue weighted by molar-refractivity contribution is 5.82. The number of benzene rings is 1. The average Bonchev–Trinajstić information content (AvgIpc) is 2.49. The summed E-state index contributed by atoms with van der Waals surface area (Å²) in [6.45, 7) is 0. The molecule has 1 aliphatic carbocycles. The van der Waals surface area contributed by atoms with Gasteiger partial charge in [0, 0.05) is 12.1 Å². The Bertz CT molecular complexity index is 445. The second-order valence-corrected chi connectivity index (χ2v) is 4.86. The van der Waals surface area contributed by atoms with Gasteiger partial charge in [0.2, 0.25) is 5.91 Å². The summed E-state index contributed by atoms with van der Waals surface area (Å²) in [4.78, 5) is 11.8. The standard InChI is InChI=1S/C16H20N2O/c19-16(15-11-5-2-6-12-15)18-17-13-7-10-14-8-3-1-4-9-14/h1,3-4,7-10,13,15H,2,5-6,11-12H2,(H,18,19). The number of amides is 1. The third kappa shape index (κ3) is 4.70. The first-order chi connectivity index (χ1) is 9.36. The molecule has 0 spiro atoms. The first kappa shape index (κ1) is 13.5. The summed E-state index contributed by atoms with van der Waals surface area (Å²) in [5.74, 6) is 0.216. The van der Waals surface area contributed by atoms with Gasteiger partial charge in [-0.15, -0.1) is 0 Å². The van der Waals surface area contributed by atoms with Crippen LogP contribution in [0.15, 0.2) is 41.5 Å². The summed E-state index contributed by atoms with van der Waals surface area (Å²) < 4.78 is 0. The molecule has 0 aliphatic heterocycles. The molecule has 100 valence electrons. The SMILES string of the molecule is O=C(NN=CC=Cc1ccccc1)C1CCCCC1. The molecule has 1 aromatic carbocycles. The summed E-state index contributed by atoms with van der Waals surface area (Å²) in [7, 11) is 0. The second-order valence-electron chi connectivity index (χ2n) is 4.86. The molecule has 1 amide bonds. The number of carbonyl (C=O) groups excluding carboxylic acids is 1. The summed E-state index contributed by atoms with van der Waals surface area (Å²) in [5, 5.41) is 3.95. The lowest BCUT2D eigenvalue weighted by molar-refractivity contribution is -0.125. The Labute approximate surface area is 114 Å². The Kier molecular flexibility index (Phi) is 5.35. The van der Waals surface area contributed by atoms with Crippen LogP contribution >= 0.6 is 0 Å². The normalized spacial score (nSPS) is 17.1. The molecule has 1 aromatic rings. The maximum absolute atomic E-state index is 11.8. The van der Waals surface area contributed by atoms with Crippen molar-refractivity contribution in [1.29, 1.82) is 0 Å². The topological polar surface area (TPSA) is 41.5 Å². The van der Waals surface area contributed by atoms with Crippen molar-refractivity contribution in [2.75, 3.05) is 0 Å². The number of hydrogen-bond acceptors (Lipinski definition) is 2. The van der Waals surface area contributed by atoms with E-state index in [0.717, 1.165) is 31.2 Å². The molecule has 1 saturated carbocycles. The first-order valence-electron chi connectivity index (χ1n) is 6.91. The molecule has 0 radical (unpaired) electrons. The molecule has 0 heterocycles. The van der Waals surface area contributed by atoms with Crippen LogP contribution in [-0.4, -0.2) is 12.1 Å². The summed E-state index contributed by atoms with van der Waals surface area (Å²) >= 11 is 0. The Hall–Kier alpha value is -1.90. The van der Waals surface area contributed by atoms with E-state index in [1.165, 1.54) is 6.42 Å². The largest absolute Gasteiger partial charge is 0.273 e. The van der Waals surface area contributed by atoms with Crippen molar-refractivity contribution in [2.45, 2.75) is 32.1 Å². The van der Waals surface area contributed by atoms with E-state index in [1.54, 1.807) is 6.21 Å². The zero-order valence-electron chi connectivity index (χ0n) is 11.1. The van der Waals surface area contributed by atoms with Gasteiger partial charge >= 0.3 is 0 Å². The van der Waals surface area contributed by atoms with Crippen LogP contribution in [0.1, 0.15) is 37.7 Å². The van der Waals surface area contributed by atoms with Crippen LogP contribution in [0.25, 0.3) is 6.08 Å². The highest BCUT2D eigenvalue weighted by Gasteiger charge is 2.20. The van der Waals surface area contributed by atoms with Gasteiger partial charge in [-0.1, -0.05) is 55.7 Å². The van der Waals surface area contributed by atoms with E-state index >= 15 is 0 Å². The van der Waals surface area contributed by atoms with Gasteiger partial charge in [-0.2, -0.15) is 5.10 Å². The third-order valence-electron chi connectivity index (χ3n) is 3.40. The van der Waals surface area contributed by atoms with Crippen LogP contribution in [0.4, 0.5) is 0 Å². The Balaban J connectivity index is 1.74. The summed E-state index contributed by atoms with van der Waals surface area (Å²) in [6, 6.07) is 10.00. The van der Waals surface area contributed by atoms with E-state index in [2.05, 4.69) is 10.5 Å². The monoisotopic (exact) mass is 256 g/mol. The Morgan fingerprint density at radius 3 is 2.63 bits per heavy atom. The first-order valence-corrected chi connectivity index (χ1v) is 6.91. The molecule has 0 atom stereocenters. The van der Waals surface area contributed by atoms with Crippen LogP contribution in [0.2, 0.25) is 0 Å². The van der Waals surface area contributed by atoms with Gasteiger partial charge in [-0.3, -0.25) is 4.79 Å². The van der Waals surface area contributed by atoms with Crippen molar-refractivity contribution >= 4 is 18.2 Å². The predicted molar refractivity (Wildman–Crippen MR) is 78.7 cm³/mol. The Morgan fingerprint density at radius 1 is 1.16 bits per heavy atom. The zero-order chi connectivity index (χ0) is 13.3. The minimum Gasteiger partial charge on any atom is -0.273 e. The van der Waals surface area contributed by atoms with E-state index in [9.17, 15) is 4.79 Å².